The average Bonchev–Trinajstić information content (AvgIpc) is 3.03. The Labute approximate surface area is 153 Å². The highest BCUT2D eigenvalue weighted by Gasteiger charge is 2.10. The number of nitrogens with zero attached hydrogens (tertiary/aromatic N) is 2. The van der Waals surface area contributed by atoms with Crippen LogP contribution in [0.1, 0.15) is 40.0 Å². The van der Waals surface area contributed by atoms with Crippen LogP contribution in [0.3, 0.4) is 0 Å². The molecule has 0 saturated carbocycles. The Morgan fingerprint density at radius 1 is 0.960 bits per heavy atom. The summed E-state index contributed by atoms with van der Waals surface area (Å²) in [6.07, 6.45) is 11.6. The minimum absolute atomic E-state index is 0.00852. The lowest BCUT2D eigenvalue weighted by atomic mass is 10.2. The van der Waals surface area contributed by atoms with Crippen LogP contribution in [0, 0.1) is 5.92 Å². The molecule has 0 aromatic carbocycles. The van der Waals surface area contributed by atoms with Gasteiger partial charge in [0.2, 0.25) is 0 Å². The summed E-state index contributed by atoms with van der Waals surface area (Å²) < 4.78 is 0. The van der Waals surface area contributed by atoms with Crippen LogP contribution in [0.5, 0.6) is 0 Å². The van der Waals surface area contributed by atoms with E-state index in [0.717, 1.165) is 25.3 Å². The van der Waals surface area contributed by atoms with Crippen molar-refractivity contribution in [2.24, 2.45) is 11.7 Å². The molecule has 2 rings (SSSR count). The van der Waals surface area contributed by atoms with Gasteiger partial charge in [-0.25, -0.2) is 0 Å². The number of aldehydes is 1. The Morgan fingerprint density at radius 2 is 1.44 bits per heavy atom. The predicted octanol–water partition coefficient (Wildman–Crippen LogP) is 2.28. The lowest BCUT2D eigenvalue weighted by Gasteiger charge is -2.29. The van der Waals surface area contributed by atoms with Crippen molar-refractivity contribution < 1.29 is 9.59 Å². The highest BCUT2D eigenvalue weighted by molar-refractivity contribution is 5.91. The third-order valence-corrected chi connectivity index (χ3v) is 3.59. The van der Waals surface area contributed by atoms with Gasteiger partial charge in [-0.1, -0.05) is 32.9 Å². The monoisotopic (exact) mass is 351 g/mol. The number of nitrogens with two attached hydrogens (primary N) is 1. The molecule has 0 unspecified atom stereocenters. The molecule has 2 saturated heterocycles. The van der Waals surface area contributed by atoms with Crippen LogP contribution in [0.2, 0.25) is 0 Å². The van der Waals surface area contributed by atoms with E-state index in [2.05, 4.69) is 30.6 Å². The van der Waals surface area contributed by atoms with Crippen LogP contribution in [-0.2, 0) is 9.59 Å². The van der Waals surface area contributed by atoms with Gasteiger partial charge in [-0.05, 0) is 63.5 Å². The summed E-state index contributed by atoms with van der Waals surface area (Å²) in [5.74, 6) is 0.842. The molecule has 0 aliphatic carbocycles. The van der Waals surface area contributed by atoms with E-state index in [9.17, 15) is 9.59 Å². The molecule has 144 valence electrons. The van der Waals surface area contributed by atoms with Gasteiger partial charge >= 0.3 is 0 Å². The van der Waals surface area contributed by atoms with Crippen molar-refractivity contribution in [3.8, 4) is 0 Å². The van der Waals surface area contributed by atoms with E-state index < -0.39 is 0 Å². The molecule has 2 aliphatic rings. The zero-order chi connectivity index (χ0) is 18.9. The molecule has 0 atom stereocenters. The standard InChI is InChI=1S/C9H16N2O.C7H11NO.C4H10/c10-8-9(12)4-3-7-11-5-1-2-6-11;9-7-2-1-4-8-5-3-6-8;1-4(2)3/h3-4H,1-2,5-8,10H2;1-2,7H,3-6H2;4H,1-3H3/b4-3+;2-1+;. The largest absolute Gasteiger partial charge is 0.324 e. The van der Waals surface area contributed by atoms with Crippen molar-refractivity contribution in [3.05, 3.63) is 24.3 Å². The third-order valence-electron chi connectivity index (χ3n) is 3.59. The van der Waals surface area contributed by atoms with Crippen LogP contribution in [0.25, 0.3) is 0 Å². The molecule has 0 spiro atoms. The molecular formula is C20H37N3O2. The number of hydrogen-bond acceptors (Lipinski definition) is 5. The summed E-state index contributed by atoms with van der Waals surface area (Å²) in [4.78, 5) is 25.2. The molecule has 2 aliphatic heterocycles. The van der Waals surface area contributed by atoms with E-state index in [4.69, 9.17) is 5.73 Å². The number of carbonyl (C=O) groups excluding carboxylic acids is 2. The van der Waals surface area contributed by atoms with Gasteiger partial charge in [-0.3, -0.25) is 19.4 Å². The minimum atomic E-state index is 0.00852. The fourth-order valence-electron chi connectivity index (χ4n) is 2.20. The topological polar surface area (TPSA) is 66.6 Å². The number of allylic oxidation sites excluding steroid dienone is 1. The lowest BCUT2D eigenvalue weighted by molar-refractivity contribution is -0.113. The minimum Gasteiger partial charge on any atom is -0.324 e. The smallest absolute Gasteiger partial charge is 0.168 e. The Kier molecular flexibility index (Phi) is 15.3. The van der Waals surface area contributed by atoms with E-state index in [1.165, 1.54) is 45.4 Å². The average molecular weight is 352 g/mol. The zero-order valence-electron chi connectivity index (χ0n) is 16.3. The molecule has 2 heterocycles. The van der Waals surface area contributed by atoms with Gasteiger partial charge in [0.15, 0.2) is 5.78 Å². The Balaban J connectivity index is 0.000000391. The fraction of sp³-hybridized carbons (Fsp3) is 0.700. The molecule has 25 heavy (non-hydrogen) atoms. The van der Waals surface area contributed by atoms with Crippen LogP contribution in [-0.4, -0.2) is 67.7 Å². The predicted molar refractivity (Wildman–Crippen MR) is 106 cm³/mol. The van der Waals surface area contributed by atoms with Crippen molar-refractivity contribution in [2.75, 3.05) is 45.8 Å². The Bertz CT molecular complexity index is 393. The SMILES string of the molecule is CC(C)C.NCC(=O)/C=C/CN1CCCC1.O=C/C=C/CN1CCC1. The molecule has 0 aromatic rings. The van der Waals surface area contributed by atoms with Crippen molar-refractivity contribution in [1.82, 2.24) is 9.80 Å². The summed E-state index contributed by atoms with van der Waals surface area (Å²) in [7, 11) is 0. The maximum absolute atomic E-state index is 10.8. The quantitative estimate of drug-likeness (QED) is 0.563. The molecule has 5 nitrogen and oxygen atoms in total. The first-order valence-corrected chi connectivity index (χ1v) is 9.44. The van der Waals surface area contributed by atoms with Crippen molar-refractivity contribution in [3.63, 3.8) is 0 Å². The molecule has 2 fully saturated rings. The summed E-state index contributed by atoms with van der Waals surface area (Å²) in [5, 5.41) is 0. The van der Waals surface area contributed by atoms with Crippen LogP contribution in [0.4, 0.5) is 0 Å². The lowest BCUT2D eigenvalue weighted by Crippen LogP contribution is -2.36. The highest BCUT2D eigenvalue weighted by atomic mass is 16.1. The van der Waals surface area contributed by atoms with Gasteiger partial charge in [-0.15, -0.1) is 0 Å². The van der Waals surface area contributed by atoms with E-state index in [0.29, 0.717) is 0 Å². The number of ketones is 1. The van der Waals surface area contributed by atoms with Crippen LogP contribution in [0.15, 0.2) is 24.3 Å². The van der Waals surface area contributed by atoms with Crippen molar-refractivity contribution in [1.29, 1.82) is 0 Å². The Hall–Kier alpha value is -1.30. The van der Waals surface area contributed by atoms with E-state index in [1.807, 2.05) is 12.2 Å². The van der Waals surface area contributed by atoms with Gasteiger partial charge in [0, 0.05) is 13.1 Å². The Morgan fingerprint density at radius 3 is 1.84 bits per heavy atom. The second-order valence-electron chi connectivity index (χ2n) is 7.03. The number of carbonyl (C=O) groups is 2. The summed E-state index contributed by atoms with van der Waals surface area (Å²) in [5.41, 5.74) is 5.15. The van der Waals surface area contributed by atoms with Crippen LogP contribution >= 0.6 is 0 Å². The maximum atomic E-state index is 10.8. The first-order valence-electron chi connectivity index (χ1n) is 9.44. The second kappa shape index (κ2) is 16.2. The number of rotatable bonds is 7. The molecule has 0 radical (unpaired) electrons. The van der Waals surface area contributed by atoms with E-state index >= 15 is 0 Å². The fourth-order valence-corrected chi connectivity index (χ4v) is 2.20. The third kappa shape index (κ3) is 15.9. The van der Waals surface area contributed by atoms with Crippen LogP contribution < -0.4 is 5.73 Å². The van der Waals surface area contributed by atoms with Gasteiger partial charge in [-0.2, -0.15) is 0 Å². The first-order chi connectivity index (χ1) is 12.0. The van der Waals surface area contributed by atoms with E-state index in [-0.39, 0.29) is 12.3 Å². The summed E-state index contributed by atoms with van der Waals surface area (Å²) >= 11 is 0. The van der Waals surface area contributed by atoms with Gasteiger partial charge in [0.1, 0.15) is 6.29 Å². The maximum Gasteiger partial charge on any atom is 0.168 e. The van der Waals surface area contributed by atoms with Crippen molar-refractivity contribution >= 4 is 12.1 Å². The summed E-state index contributed by atoms with van der Waals surface area (Å²) in [6.45, 7) is 13.2. The number of likely N-dealkylation sites (tertiary alicyclic amines) is 2. The molecule has 0 aromatic heterocycles. The molecular weight excluding hydrogens is 314 g/mol. The van der Waals surface area contributed by atoms with Gasteiger partial charge in [0.25, 0.3) is 0 Å². The van der Waals surface area contributed by atoms with Crippen molar-refractivity contribution in [2.45, 2.75) is 40.0 Å². The molecule has 0 amide bonds. The highest BCUT2D eigenvalue weighted by Crippen LogP contribution is 2.06. The number of hydrogen-bond donors (Lipinski definition) is 1. The second-order valence-corrected chi connectivity index (χ2v) is 7.03. The molecule has 5 heteroatoms. The summed E-state index contributed by atoms with van der Waals surface area (Å²) in [6, 6.07) is 0. The zero-order valence-corrected chi connectivity index (χ0v) is 16.3. The van der Waals surface area contributed by atoms with E-state index in [1.54, 1.807) is 12.2 Å². The molecule has 2 N–H and O–H groups in total. The van der Waals surface area contributed by atoms with Gasteiger partial charge < -0.3 is 5.73 Å². The normalized spacial score (nSPS) is 17.8. The van der Waals surface area contributed by atoms with Gasteiger partial charge in [0.05, 0.1) is 6.54 Å². The first kappa shape index (κ1) is 23.7. The molecule has 0 bridgehead atoms.